The van der Waals surface area contributed by atoms with Crippen molar-refractivity contribution in [3.8, 4) is 6.01 Å². The molecular formula is C14H17N5O2. The smallest absolute Gasteiger partial charge is 0.318 e. The third kappa shape index (κ3) is 2.81. The monoisotopic (exact) mass is 287 g/mol. The molecule has 1 saturated carbocycles. The fourth-order valence-electron chi connectivity index (χ4n) is 2.51. The van der Waals surface area contributed by atoms with Gasteiger partial charge in [0.05, 0.1) is 0 Å². The maximum absolute atomic E-state index is 5.78. The first-order valence-corrected chi connectivity index (χ1v) is 7.40. The minimum atomic E-state index is 0.148. The molecule has 1 aliphatic carbocycles. The van der Waals surface area contributed by atoms with Gasteiger partial charge < -0.3 is 14.1 Å². The lowest BCUT2D eigenvalue weighted by molar-refractivity contribution is 0.155. The van der Waals surface area contributed by atoms with Crippen molar-refractivity contribution in [2.75, 3.05) is 18.0 Å². The second kappa shape index (κ2) is 5.31. The molecule has 1 aliphatic heterocycles. The summed E-state index contributed by atoms with van der Waals surface area (Å²) in [4.78, 5) is 10.3. The largest absolute Gasteiger partial charge is 0.460 e. The Hall–Kier alpha value is -2.18. The zero-order valence-corrected chi connectivity index (χ0v) is 11.7. The molecule has 0 bridgehead atoms. The maximum atomic E-state index is 5.78. The molecule has 0 unspecified atom stereocenters. The van der Waals surface area contributed by atoms with E-state index in [1.807, 2.05) is 0 Å². The van der Waals surface area contributed by atoms with E-state index in [1.165, 1.54) is 12.8 Å². The summed E-state index contributed by atoms with van der Waals surface area (Å²) in [7, 11) is 0. The minimum absolute atomic E-state index is 0.148. The first-order chi connectivity index (χ1) is 10.4. The Labute approximate surface area is 122 Å². The summed E-state index contributed by atoms with van der Waals surface area (Å²) in [5.74, 6) is 1.29. The van der Waals surface area contributed by atoms with E-state index in [9.17, 15) is 0 Å². The van der Waals surface area contributed by atoms with Crippen LogP contribution in [0.3, 0.4) is 0 Å². The quantitative estimate of drug-likeness (QED) is 0.848. The van der Waals surface area contributed by atoms with Crippen molar-refractivity contribution in [1.82, 2.24) is 20.2 Å². The van der Waals surface area contributed by atoms with Crippen LogP contribution in [0.1, 0.15) is 37.5 Å². The topological polar surface area (TPSA) is 77.2 Å². The molecule has 1 saturated heterocycles. The van der Waals surface area contributed by atoms with Crippen molar-refractivity contribution in [3.63, 3.8) is 0 Å². The number of piperidine rings is 1. The zero-order chi connectivity index (χ0) is 14.1. The Bertz CT molecular complexity index is 590. The van der Waals surface area contributed by atoms with Gasteiger partial charge in [-0.05, 0) is 18.9 Å². The van der Waals surface area contributed by atoms with Gasteiger partial charge in [0.2, 0.25) is 5.89 Å². The van der Waals surface area contributed by atoms with Crippen LogP contribution in [0.2, 0.25) is 0 Å². The number of rotatable bonds is 4. The summed E-state index contributed by atoms with van der Waals surface area (Å²) in [5.41, 5.74) is 0. The maximum Gasteiger partial charge on any atom is 0.318 e. The van der Waals surface area contributed by atoms with Crippen LogP contribution in [0.4, 0.5) is 6.01 Å². The molecule has 2 aliphatic rings. The molecule has 21 heavy (non-hydrogen) atoms. The molecule has 0 spiro atoms. The molecule has 3 heterocycles. The average molecular weight is 287 g/mol. The van der Waals surface area contributed by atoms with Crippen molar-refractivity contribution in [2.24, 2.45) is 0 Å². The van der Waals surface area contributed by atoms with E-state index >= 15 is 0 Å². The van der Waals surface area contributed by atoms with Crippen molar-refractivity contribution in [2.45, 2.75) is 37.7 Å². The average Bonchev–Trinajstić information content (AvgIpc) is 3.27. The fourth-order valence-corrected chi connectivity index (χ4v) is 2.51. The van der Waals surface area contributed by atoms with Gasteiger partial charge >= 0.3 is 12.0 Å². The van der Waals surface area contributed by atoms with E-state index < -0.39 is 0 Å². The fraction of sp³-hybridized carbons (Fsp3) is 0.571. The highest BCUT2D eigenvalue weighted by atomic mass is 16.5. The molecule has 7 nitrogen and oxygen atoms in total. The van der Waals surface area contributed by atoms with Crippen LogP contribution in [0.25, 0.3) is 0 Å². The molecule has 0 aromatic carbocycles. The minimum Gasteiger partial charge on any atom is -0.460 e. The van der Waals surface area contributed by atoms with Gasteiger partial charge in [0, 0.05) is 44.2 Å². The highest BCUT2D eigenvalue weighted by Gasteiger charge is 2.31. The molecule has 2 aromatic rings. The van der Waals surface area contributed by atoms with Gasteiger partial charge in [-0.25, -0.2) is 9.97 Å². The Morgan fingerprint density at radius 1 is 1.05 bits per heavy atom. The van der Waals surface area contributed by atoms with Crippen LogP contribution in [-0.4, -0.2) is 39.4 Å². The number of nitrogens with zero attached hydrogens (tertiary/aromatic N) is 5. The van der Waals surface area contributed by atoms with E-state index in [0.29, 0.717) is 17.9 Å². The van der Waals surface area contributed by atoms with Crippen LogP contribution < -0.4 is 9.64 Å². The van der Waals surface area contributed by atoms with Gasteiger partial charge in [-0.2, -0.15) is 0 Å². The van der Waals surface area contributed by atoms with Gasteiger partial charge in [-0.15, -0.1) is 5.10 Å². The van der Waals surface area contributed by atoms with Gasteiger partial charge in [-0.3, -0.25) is 0 Å². The summed E-state index contributed by atoms with van der Waals surface area (Å²) in [5, 5.41) is 8.28. The molecule has 7 heteroatoms. The van der Waals surface area contributed by atoms with Crippen molar-refractivity contribution in [3.05, 3.63) is 24.4 Å². The number of ether oxygens (including phenoxy) is 1. The van der Waals surface area contributed by atoms with Gasteiger partial charge in [0.25, 0.3) is 0 Å². The Morgan fingerprint density at radius 3 is 2.52 bits per heavy atom. The number of anilines is 1. The lowest BCUT2D eigenvalue weighted by atomic mass is 10.1. The molecule has 0 atom stereocenters. The van der Waals surface area contributed by atoms with Crippen molar-refractivity contribution < 1.29 is 9.15 Å². The first-order valence-electron chi connectivity index (χ1n) is 7.40. The van der Waals surface area contributed by atoms with Crippen LogP contribution in [-0.2, 0) is 0 Å². The van der Waals surface area contributed by atoms with E-state index in [4.69, 9.17) is 9.15 Å². The molecule has 4 rings (SSSR count). The Kier molecular flexibility index (Phi) is 3.17. The summed E-state index contributed by atoms with van der Waals surface area (Å²) in [6.07, 6.45) is 7.68. The van der Waals surface area contributed by atoms with Gasteiger partial charge in [-0.1, -0.05) is 5.10 Å². The Balaban J connectivity index is 1.33. The molecule has 110 valence electrons. The van der Waals surface area contributed by atoms with Crippen LogP contribution in [0, 0.1) is 0 Å². The van der Waals surface area contributed by atoms with Crippen LogP contribution >= 0.6 is 0 Å². The lowest BCUT2D eigenvalue weighted by Gasteiger charge is -2.30. The highest BCUT2D eigenvalue weighted by molar-refractivity contribution is 5.26. The number of hydrogen-bond donors (Lipinski definition) is 0. The summed E-state index contributed by atoms with van der Waals surface area (Å²) in [6.45, 7) is 1.70. The van der Waals surface area contributed by atoms with Crippen molar-refractivity contribution in [1.29, 1.82) is 0 Å². The molecule has 2 fully saturated rings. The predicted octanol–water partition coefficient (Wildman–Crippen LogP) is 1.78. The molecule has 0 radical (unpaired) electrons. The van der Waals surface area contributed by atoms with Gasteiger partial charge in [0.1, 0.15) is 6.10 Å². The predicted molar refractivity (Wildman–Crippen MR) is 74.2 cm³/mol. The van der Waals surface area contributed by atoms with Crippen LogP contribution in [0.5, 0.6) is 6.01 Å². The second-order valence-electron chi connectivity index (χ2n) is 5.53. The first kappa shape index (κ1) is 12.6. The summed E-state index contributed by atoms with van der Waals surface area (Å²) < 4.78 is 11.5. The standard InChI is InChI=1S/C14H17N5O2/c1-6-15-13(16-7-1)20-11-4-8-19(9-5-11)14-18-17-12(21-14)10-2-3-10/h1,6-7,10-11H,2-5,8-9H2. The normalized spacial score (nSPS) is 19.7. The van der Waals surface area contributed by atoms with E-state index in [-0.39, 0.29) is 6.10 Å². The van der Waals surface area contributed by atoms with Crippen LogP contribution in [0.15, 0.2) is 22.9 Å². The number of aromatic nitrogens is 4. The molecule has 0 N–H and O–H groups in total. The molecular weight excluding hydrogens is 270 g/mol. The third-order valence-electron chi connectivity index (χ3n) is 3.88. The Morgan fingerprint density at radius 2 is 1.81 bits per heavy atom. The molecule has 2 aromatic heterocycles. The molecule has 0 amide bonds. The zero-order valence-electron chi connectivity index (χ0n) is 11.7. The van der Waals surface area contributed by atoms with E-state index in [2.05, 4.69) is 25.1 Å². The highest BCUT2D eigenvalue weighted by Crippen LogP contribution is 2.40. The van der Waals surface area contributed by atoms with E-state index in [0.717, 1.165) is 31.8 Å². The second-order valence-corrected chi connectivity index (χ2v) is 5.53. The van der Waals surface area contributed by atoms with E-state index in [1.54, 1.807) is 18.5 Å². The van der Waals surface area contributed by atoms with Gasteiger partial charge in [0.15, 0.2) is 0 Å². The summed E-state index contributed by atoms with van der Waals surface area (Å²) >= 11 is 0. The summed E-state index contributed by atoms with van der Waals surface area (Å²) in [6, 6.07) is 2.87. The number of hydrogen-bond acceptors (Lipinski definition) is 7. The lowest BCUT2D eigenvalue weighted by Crippen LogP contribution is -2.38. The SMILES string of the molecule is c1cnc(OC2CCN(c3nnc(C4CC4)o3)CC2)nc1. The van der Waals surface area contributed by atoms with Crippen molar-refractivity contribution >= 4 is 6.01 Å². The third-order valence-corrected chi connectivity index (χ3v) is 3.88.